The van der Waals surface area contributed by atoms with Crippen LogP contribution in [0.25, 0.3) is 0 Å². The molecule has 8 heteroatoms. The van der Waals surface area contributed by atoms with Gasteiger partial charge in [-0.3, -0.25) is 19.4 Å². The molecule has 4 amide bonds. The average Bonchev–Trinajstić information content (AvgIpc) is 3.00. The summed E-state index contributed by atoms with van der Waals surface area (Å²) in [6.45, 7) is 8.29. The highest BCUT2D eigenvalue weighted by atomic mass is 19.1. The molecule has 7 nitrogen and oxygen atoms in total. The Labute approximate surface area is 187 Å². The second kappa shape index (κ2) is 9.91. The number of imide groups is 1. The van der Waals surface area contributed by atoms with Crippen molar-refractivity contribution in [3.63, 3.8) is 0 Å². The molecule has 2 aromatic rings. The van der Waals surface area contributed by atoms with Crippen LogP contribution in [0.15, 0.2) is 48.5 Å². The number of nitrogens with zero attached hydrogens (tertiary/aromatic N) is 2. The summed E-state index contributed by atoms with van der Waals surface area (Å²) in [7, 11) is 0. The van der Waals surface area contributed by atoms with Gasteiger partial charge in [0.05, 0.1) is 0 Å². The van der Waals surface area contributed by atoms with Crippen LogP contribution in [0.1, 0.15) is 37.5 Å². The first-order valence-electron chi connectivity index (χ1n) is 10.7. The third-order valence-electron chi connectivity index (χ3n) is 5.88. The first-order valence-corrected chi connectivity index (χ1v) is 10.7. The number of carbonyl (C=O) groups is 3. The topological polar surface area (TPSA) is 81.8 Å². The van der Waals surface area contributed by atoms with Gasteiger partial charge in [-0.25, -0.2) is 9.18 Å². The number of halogens is 1. The molecular formula is C24H29FN4O3. The maximum atomic E-state index is 13.2. The van der Waals surface area contributed by atoms with Gasteiger partial charge in [-0.15, -0.1) is 0 Å². The number of rotatable bonds is 9. The Morgan fingerprint density at radius 2 is 1.69 bits per heavy atom. The van der Waals surface area contributed by atoms with Gasteiger partial charge in [0.15, 0.2) is 0 Å². The minimum absolute atomic E-state index is 0.301. The van der Waals surface area contributed by atoms with Crippen LogP contribution < -0.4 is 10.6 Å². The molecule has 1 atom stereocenters. The Kier molecular flexibility index (Phi) is 7.25. The van der Waals surface area contributed by atoms with E-state index in [4.69, 9.17) is 0 Å². The molecule has 0 unspecified atom stereocenters. The number of benzene rings is 2. The zero-order valence-corrected chi connectivity index (χ0v) is 18.7. The highest BCUT2D eigenvalue weighted by Crippen LogP contribution is 2.28. The van der Waals surface area contributed by atoms with Crippen LogP contribution in [0.2, 0.25) is 0 Å². The number of hydrogen-bond acceptors (Lipinski definition) is 4. The van der Waals surface area contributed by atoms with Gasteiger partial charge in [0.1, 0.15) is 17.9 Å². The smallest absolute Gasteiger partial charge is 0.325 e. The molecule has 0 radical (unpaired) electrons. The summed E-state index contributed by atoms with van der Waals surface area (Å²) in [6, 6.07) is 12.6. The van der Waals surface area contributed by atoms with E-state index in [1.165, 1.54) is 24.3 Å². The fraction of sp³-hybridized carbons (Fsp3) is 0.375. The van der Waals surface area contributed by atoms with Crippen molar-refractivity contribution >= 4 is 17.8 Å². The Morgan fingerprint density at radius 1 is 1.06 bits per heavy atom. The predicted octanol–water partition coefficient (Wildman–Crippen LogP) is 2.75. The van der Waals surface area contributed by atoms with Crippen LogP contribution in [0.3, 0.4) is 0 Å². The molecule has 32 heavy (non-hydrogen) atoms. The Hall–Kier alpha value is -3.26. The minimum atomic E-state index is -1.35. The van der Waals surface area contributed by atoms with E-state index >= 15 is 0 Å². The standard InChI is InChI=1S/C24H29FN4O3/c1-4-28(5-2)15-18-9-7-6-8-17(18)14-26-21(30)16-29-22(31)24(3,27-23(29)32)19-10-12-20(25)13-11-19/h6-13H,4-5,14-16H2,1-3H3,(H,26,30)(H,27,32)/t24-/m1/s1. The summed E-state index contributed by atoms with van der Waals surface area (Å²) in [6.07, 6.45) is 0. The number of amides is 4. The van der Waals surface area contributed by atoms with E-state index in [0.29, 0.717) is 12.1 Å². The molecule has 0 spiro atoms. The van der Waals surface area contributed by atoms with E-state index in [1.54, 1.807) is 6.92 Å². The lowest BCUT2D eigenvalue weighted by Crippen LogP contribution is -2.43. The maximum absolute atomic E-state index is 13.2. The second-order valence-electron chi connectivity index (χ2n) is 7.96. The summed E-state index contributed by atoms with van der Waals surface area (Å²) >= 11 is 0. The summed E-state index contributed by atoms with van der Waals surface area (Å²) < 4.78 is 13.2. The molecule has 0 aromatic heterocycles. The van der Waals surface area contributed by atoms with Crippen molar-refractivity contribution in [1.29, 1.82) is 0 Å². The molecule has 1 heterocycles. The van der Waals surface area contributed by atoms with Crippen molar-refractivity contribution in [3.8, 4) is 0 Å². The average molecular weight is 441 g/mol. The van der Waals surface area contributed by atoms with Crippen molar-refractivity contribution in [2.75, 3.05) is 19.6 Å². The van der Waals surface area contributed by atoms with Gasteiger partial charge >= 0.3 is 6.03 Å². The quantitative estimate of drug-likeness (QED) is 0.588. The van der Waals surface area contributed by atoms with E-state index in [1.807, 2.05) is 24.3 Å². The van der Waals surface area contributed by atoms with Gasteiger partial charge in [-0.1, -0.05) is 50.2 Å². The molecule has 170 valence electrons. The predicted molar refractivity (Wildman–Crippen MR) is 119 cm³/mol. The highest BCUT2D eigenvalue weighted by Gasteiger charge is 2.49. The fourth-order valence-corrected chi connectivity index (χ4v) is 3.79. The zero-order chi connectivity index (χ0) is 23.3. The van der Waals surface area contributed by atoms with Gasteiger partial charge in [0, 0.05) is 13.1 Å². The number of hydrogen-bond donors (Lipinski definition) is 2. The normalized spacial score (nSPS) is 18.2. The molecule has 0 aliphatic carbocycles. The van der Waals surface area contributed by atoms with Gasteiger partial charge in [0.25, 0.3) is 5.91 Å². The maximum Gasteiger partial charge on any atom is 0.325 e. The van der Waals surface area contributed by atoms with Crippen LogP contribution in [-0.4, -0.2) is 47.3 Å². The Balaban J connectivity index is 1.64. The van der Waals surface area contributed by atoms with Crippen molar-refractivity contribution in [2.45, 2.75) is 39.4 Å². The molecule has 0 bridgehead atoms. The molecular weight excluding hydrogens is 411 g/mol. The van der Waals surface area contributed by atoms with E-state index in [0.717, 1.165) is 35.7 Å². The van der Waals surface area contributed by atoms with Crippen LogP contribution in [-0.2, 0) is 28.2 Å². The van der Waals surface area contributed by atoms with Crippen molar-refractivity contribution in [3.05, 3.63) is 71.0 Å². The second-order valence-corrected chi connectivity index (χ2v) is 7.96. The largest absolute Gasteiger partial charge is 0.350 e. The van der Waals surface area contributed by atoms with E-state index in [-0.39, 0.29) is 6.54 Å². The number of carbonyl (C=O) groups excluding carboxylic acids is 3. The van der Waals surface area contributed by atoms with E-state index < -0.39 is 29.2 Å². The van der Waals surface area contributed by atoms with Gasteiger partial charge in [-0.05, 0) is 48.8 Å². The lowest BCUT2D eigenvalue weighted by molar-refractivity contribution is -0.134. The van der Waals surface area contributed by atoms with Crippen LogP contribution >= 0.6 is 0 Å². The number of nitrogens with one attached hydrogen (secondary N) is 2. The summed E-state index contributed by atoms with van der Waals surface area (Å²) in [5.41, 5.74) is 1.21. The molecule has 3 rings (SSSR count). The molecule has 0 saturated carbocycles. The summed E-state index contributed by atoms with van der Waals surface area (Å²) in [5, 5.41) is 5.43. The van der Waals surface area contributed by atoms with Crippen molar-refractivity contribution in [2.24, 2.45) is 0 Å². The van der Waals surface area contributed by atoms with Crippen molar-refractivity contribution < 1.29 is 18.8 Å². The van der Waals surface area contributed by atoms with Crippen LogP contribution in [0.5, 0.6) is 0 Å². The first kappa shape index (κ1) is 23.4. The van der Waals surface area contributed by atoms with E-state index in [2.05, 4.69) is 29.4 Å². The molecule has 1 aliphatic heterocycles. The molecule has 1 aliphatic rings. The molecule has 1 fully saturated rings. The SMILES string of the molecule is CCN(CC)Cc1ccccc1CNC(=O)CN1C(=O)N[C@](C)(c2ccc(F)cc2)C1=O. The zero-order valence-electron chi connectivity index (χ0n) is 18.7. The van der Waals surface area contributed by atoms with E-state index in [9.17, 15) is 18.8 Å². The summed E-state index contributed by atoms with van der Waals surface area (Å²) in [5.74, 6) is -1.42. The molecule has 2 aromatic carbocycles. The highest BCUT2D eigenvalue weighted by molar-refractivity contribution is 6.09. The van der Waals surface area contributed by atoms with Crippen LogP contribution in [0.4, 0.5) is 9.18 Å². The van der Waals surface area contributed by atoms with Gasteiger partial charge in [0.2, 0.25) is 5.91 Å². The van der Waals surface area contributed by atoms with Crippen molar-refractivity contribution in [1.82, 2.24) is 20.4 Å². The lowest BCUT2D eigenvalue weighted by Gasteiger charge is -2.22. The molecule has 2 N–H and O–H groups in total. The van der Waals surface area contributed by atoms with Gasteiger partial charge in [-0.2, -0.15) is 0 Å². The third kappa shape index (κ3) is 4.96. The monoisotopic (exact) mass is 440 g/mol. The minimum Gasteiger partial charge on any atom is -0.350 e. The molecule has 1 saturated heterocycles. The van der Waals surface area contributed by atoms with Crippen LogP contribution in [0, 0.1) is 5.82 Å². The lowest BCUT2D eigenvalue weighted by atomic mass is 9.92. The Morgan fingerprint density at radius 3 is 2.31 bits per heavy atom. The fourth-order valence-electron chi connectivity index (χ4n) is 3.79. The van der Waals surface area contributed by atoms with Gasteiger partial charge < -0.3 is 10.6 Å². The third-order valence-corrected chi connectivity index (χ3v) is 5.88. The first-order chi connectivity index (χ1) is 15.3. The summed E-state index contributed by atoms with van der Waals surface area (Å²) in [4.78, 5) is 41.1. The number of urea groups is 1. The Bertz CT molecular complexity index is 991.